The second-order valence-corrected chi connectivity index (χ2v) is 9.52. The largest absolute Gasteiger partial charge is 0.507 e. The first kappa shape index (κ1) is 25.2. The molecule has 186 valence electrons. The summed E-state index contributed by atoms with van der Waals surface area (Å²) in [7, 11) is 1.50. The first-order valence-electron chi connectivity index (χ1n) is 11.8. The molecule has 1 amide bonds. The van der Waals surface area contributed by atoms with Crippen molar-refractivity contribution in [2.75, 3.05) is 46.5 Å². The summed E-state index contributed by atoms with van der Waals surface area (Å²) in [6.45, 7) is 8.05. The summed E-state index contributed by atoms with van der Waals surface area (Å²) in [6, 6.07) is 12.0. The van der Waals surface area contributed by atoms with Crippen molar-refractivity contribution >= 4 is 29.1 Å². The van der Waals surface area contributed by atoms with Gasteiger partial charge in [0.05, 0.1) is 37.0 Å². The van der Waals surface area contributed by atoms with Crippen LogP contribution in [0.5, 0.6) is 5.75 Å². The molecule has 0 bridgehead atoms. The molecular weight excluding hydrogens is 468 g/mol. The number of carbonyl (C=O) groups is 2. The van der Waals surface area contributed by atoms with Crippen LogP contribution in [0.15, 0.2) is 48.0 Å². The number of hydrogen-bond donors (Lipinski definition) is 1. The van der Waals surface area contributed by atoms with Crippen LogP contribution in [0.1, 0.15) is 42.5 Å². The van der Waals surface area contributed by atoms with E-state index < -0.39 is 17.7 Å². The van der Waals surface area contributed by atoms with E-state index in [1.165, 1.54) is 13.2 Å². The van der Waals surface area contributed by atoms with Crippen molar-refractivity contribution < 1.29 is 24.2 Å². The molecular formula is C27H31ClN2O5. The Morgan fingerprint density at radius 3 is 2.40 bits per heavy atom. The average Bonchev–Trinajstić information content (AvgIpc) is 3.12. The quantitative estimate of drug-likeness (QED) is 0.350. The number of amides is 1. The molecule has 2 heterocycles. The third-order valence-electron chi connectivity index (χ3n) is 6.64. The third kappa shape index (κ3) is 5.22. The number of ether oxygens (including phenoxy) is 2. The van der Waals surface area contributed by atoms with Crippen LogP contribution in [0.2, 0.25) is 5.02 Å². The van der Waals surface area contributed by atoms with E-state index in [0.29, 0.717) is 48.6 Å². The number of likely N-dealkylation sites (tertiary alicyclic amines) is 1. The molecule has 2 aliphatic rings. The van der Waals surface area contributed by atoms with Gasteiger partial charge in [-0.05, 0) is 35.2 Å². The minimum absolute atomic E-state index is 0.0653. The van der Waals surface area contributed by atoms with Crippen LogP contribution < -0.4 is 4.74 Å². The molecule has 2 aromatic carbocycles. The van der Waals surface area contributed by atoms with Crippen molar-refractivity contribution in [1.29, 1.82) is 0 Å². The summed E-state index contributed by atoms with van der Waals surface area (Å²) >= 11 is 6.27. The first-order chi connectivity index (χ1) is 16.8. The van der Waals surface area contributed by atoms with Crippen LogP contribution in [0.3, 0.4) is 0 Å². The van der Waals surface area contributed by atoms with Crippen molar-refractivity contribution in [3.8, 4) is 5.75 Å². The maximum absolute atomic E-state index is 13.2. The highest BCUT2D eigenvalue weighted by molar-refractivity contribution is 6.46. The summed E-state index contributed by atoms with van der Waals surface area (Å²) < 4.78 is 10.6. The summed E-state index contributed by atoms with van der Waals surface area (Å²) in [5, 5.41) is 11.6. The molecule has 1 atom stereocenters. The van der Waals surface area contributed by atoms with Gasteiger partial charge >= 0.3 is 0 Å². The minimum atomic E-state index is -0.700. The molecule has 1 N–H and O–H groups in total. The van der Waals surface area contributed by atoms with E-state index in [0.717, 1.165) is 24.2 Å². The number of rotatable bonds is 7. The first-order valence-corrected chi connectivity index (χ1v) is 12.2. The van der Waals surface area contributed by atoms with Crippen molar-refractivity contribution in [1.82, 2.24) is 9.80 Å². The minimum Gasteiger partial charge on any atom is -0.507 e. The SMILES string of the molecule is COc1ccc(/C(O)=C2\C(=O)C(=O)N(CCN3CCOCC3)[C@H]2c2ccc(C(C)C)cc2)cc1Cl. The Hall–Kier alpha value is -2.87. The predicted molar refractivity (Wildman–Crippen MR) is 135 cm³/mol. The number of carbonyl (C=O) groups excluding carboxylic acids is 2. The monoisotopic (exact) mass is 498 g/mol. The molecule has 7 nitrogen and oxygen atoms in total. The molecule has 0 aliphatic carbocycles. The Morgan fingerprint density at radius 2 is 1.80 bits per heavy atom. The van der Waals surface area contributed by atoms with Gasteiger partial charge in [-0.3, -0.25) is 14.5 Å². The molecule has 35 heavy (non-hydrogen) atoms. The lowest BCUT2D eigenvalue weighted by Gasteiger charge is -2.31. The van der Waals surface area contributed by atoms with E-state index in [1.807, 2.05) is 24.3 Å². The molecule has 2 aromatic rings. The summed E-state index contributed by atoms with van der Waals surface area (Å²) in [4.78, 5) is 30.2. The van der Waals surface area contributed by atoms with Gasteiger partial charge in [0, 0.05) is 31.7 Å². The molecule has 0 radical (unpaired) electrons. The lowest BCUT2D eigenvalue weighted by molar-refractivity contribution is -0.140. The zero-order valence-electron chi connectivity index (χ0n) is 20.3. The highest BCUT2D eigenvalue weighted by atomic mass is 35.5. The smallest absolute Gasteiger partial charge is 0.295 e. The topological polar surface area (TPSA) is 79.3 Å². The lowest BCUT2D eigenvalue weighted by atomic mass is 9.93. The predicted octanol–water partition coefficient (Wildman–Crippen LogP) is 4.23. The Morgan fingerprint density at radius 1 is 1.11 bits per heavy atom. The van der Waals surface area contributed by atoms with Crippen LogP contribution in [0.25, 0.3) is 5.76 Å². The van der Waals surface area contributed by atoms with Gasteiger partial charge in [-0.1, -0.05) is 49.7 Å². The number of aliphatic hydroxyl groups is 1. The number of methoxy groups -OCH3 is 1. The van der Waals surface area contributed by atoms with E-state index in [-0.39, 0.29) is 11.3 Å². The second kappa shape index (κ2) is 10.8. The van der Waals surface area contributed by atoms with Gasteiger partial charge in [-0.2, -0.15) is 0 Å². The zero-order chi connectivity index (χ0) is 25.1. The van der Waals surface area contributed by atoms with E-state index >= 15 is 0 Å². The van der Waals surface area contributed by atoms with E-state index in [9.17, 15) is 14.7 Å². The maximum atomic E-state index is 13.2. The second-order valence-electron chi connectivity index (χ2n) is 9.12. The van der Waals surface area contributed by atoms with Gasteiger partial charge in [0.25, 0.3) is 11.7 Å². The molecule has 0 spiro atoms. The number of halogens is 1. The molecule has 2 fully saturated rings. The highest BCUT2D eigenvalue weighted by Crippen LogP contribution is 2.40. The summed E-state index contributed by atoms with van der Waals surface area (Å²) in [6.07, 6.45) is 0. The number of ketones is 1. The Kier molecular flexibility index (Phi) is 7.79. The number of hydrogen-bond acceptors (Lipinski definition) is 6. The summed E-state index contributed by atoms with van der Waals surface area (Å²) in [5.41, 5.74) is 2.35. The normalized spacial score (nSPS) is 20.6. The number of benzene rings is 2. The standard InChI is InChI=1S/C27H31ClN2O5/c1-17(2)18-4-6-19(7-5-18)24-23(25(31)20-8-9-22(34-3)21(28)16-20)26(32)27(33)30(24)11-10-29-12-14-35-15-13-29/h4-9,16-17,24,31H,10-15H2,1-3H3/b25-23+/t24-/m0/s1. The number of Topliss-reactive ketones (excluding diaryl/α,β-unsaturated/α-hetero) is 1. The van der Waals surface area contributed by atoms with Gasteiger partial charge in [0.2, 0.25) is 0 Å². The van der Waals surface area contributed by atoms with Crippen molar-refractivity contribution in [2.45, 2.75) is 25.8 Å². The molecule has 8 heteroatoms. The van der Waals surface area contributed by atoms with E-state index in [2.05, 4.69) is 18.7 Å². The van der Waals surface area contributed by atoms with Gasteiger partial charge in [-0.15, -0.1) is 0 Å². The maximum Gasteiger partial charge on any atom is 0.295 e. The molecule has 0 aromatic heterocycles. The lowest BCUT2D eigenvalue weighted by Crippen LogP contribution is -2.42. The average molecular weight is 499 g/mol. The molecule has 2 aliphatic heterocycles. The van der Waals surface area contributed by atoms with Gasteiger partial charge in [-0.25, -0.2) is 0 Å². The van der Waals surface area contributed by atoms with Crippen LogP contribution in [-0.4, -0.2) is 73.1 Å². The van der Waals surface area contributed by atoms with Crippen LogP contribution in [0, 0.1) is 0 Å². The Labute approximate surface area is 210 Å². The van der Waals surface area contributed by atoms with Crippen LogP contribution in [-0.2, 0) is 14.3 Å². The molecule has 0 saturated carbocycles. The fourth-order valence-corrected chi connectivity index (χ4v) is 4.82. The van der Waals surface area contributed by atoms with Crippen molar-refractivity contribution in [3.63, 3.8) is 0 Å². The van der Waals surface area contributed by atoms with Gasteiger partial charge < -0.3 is 19.5 Å². The third-order valence-corrected chi connectivity index (χ3v) is 6.94. The molecule has 2 saturated heterocycles. The number of nitrogens with zero attached hydrogens (tertiary/aromatic N) is 2. The Balaban J connectivity index is 1.75. The van der Waals surface area contributed by atoms with E-state index in [4.69, 9.17) is 21.1 Å². The van der Waals surface area contributed by atoms with Crippen molar-refractivity contribution in [3.05, 3.63) is 69.8 Å². The number of aliphatic hydroxyl groups excluding tert-OH is 1. The molecule has 4 rings (SSSR count). The zero-order valence-corrected chi connectivity index (χ0v) is 21.0. The fraction of sp³-hybridized carbons (Fsp3) is 0.407. The van der Waals surface area contributed by atoms with Crippen LogP contribution in [0.4, 0.5) is 0 Å². The fourth-order valence-electron chi connectivity index (χ4n) is 4.56. The molecule has 0 unspecified atom stereocenters. The van der Waals surface area contributed by atoms with E-state index in [1.54, 1.807) is 17.0 Å². The van der Waals surface area contributed by atoms with Crippen molar-refractivity contribution in [2.24, 2.45) is 0 Å². The Bertz CT molecular complexity index is 1120. The highest BCUT2D eigenvalue weighted by Gasteiger charge is 2.46. The van der Waals surface area contributed by atoms with Gasteiger partial charge in [0.1, 0.15) is 11.5 Å². The number of morpholine rings is 1. The summed E-state index contributed by atoms with van der Waals surface area (Å²) in [5.74, 6) is -0.764. The van der Waals surface area contributed by atoms with Gasteiger partial charge in [0.15, 0.2) is 0 Å². The van der Waals surface area contributed by atoms with Crippen LogP contribution >= 0.6 is 11.6 Å².